The predicted molar refractivity (Wildman–Crippen MR) is 85.6 cm³/mol. The highest BCUT2D eigenvalue weighted by molar-refractivity contribution is 7.13. The second-order valence-corrected chi connectivity index (χ2v) is 6.14. The number of nitrogens with zero attached hydrogens (tertiary/aromatic N) is 2. The number of aromatic nitrogens is 1. The first kappa shape index (κ1) is 17.4. The third-order valence-corrected chi connectivity index (χ3v) is 3.67. The molecule has 0 aliphatic carbocycles. The van der Waals surface area contributed by atoms with Crippen LogP contribution < -0.4 is 10.6 Å². The third kappa shape index (κ3) is 6.57. The van der Waals surface area contributed by atoms with Crippen LogP contribution in [-0.4, -0.2) is 41.5 Å². The van der Waals surface area contributed by atoms with Crippen molar-refractivity contribution in [2.24, 2.45) is 5.92 Å². The lowest BCUT2D eigenvalue weighted by atomic mass is 10.1. The minimum Gasteiger partial charge on any atom is -0.338 e. The van der Waals surface area contributed by atoms with E-state index in [0.717, 1.165) is 12.1 Å². The first-order chi connectivity index (χ1) is 9.92. The van der Waals surface area contributed by atoms with Gasteiger partial charge in [0.25, 0.3) is 0 Å². The fraction of sp³-hybridized carbons (Fsp3) is 0.643. The Morgan fingerprint density at radius 2 is 2.14 bits per heavy atom. The molecule has 0 fully saturated rings. The number of rotatable bonds is 7. The molecule has 0 spiro atoms. The molecule has 1 heterocycles. The van der Waals surface area contributed by atoms with Crippen molar-refractivity contribution in [3.63, 3.8) is 0 Å². The van der Waals surface area contributed by atoms with Gasteiger partial charge in [-0.2, -0.15) is 0 Å². The number of thiazole rings is 1. The summed E-state index contributed by atoms with van der Waals surface area (Å²) in [6, 6.07) is -0.205. The summed E-state index contributed by atoms with van der Waals surface area (Å²) in [5, 5.41) is 7.90. The van der Waals surface area contributed by atoms with Gasteiger partial charge in [0.05, 0.1) is 5.69 Å². The van der Waals surface area contributed by atoms with Gasteiger partial charge >= 0.3 is 6.03 Å². The number of amides is 3. The van der Waals surface area contributed by atoms with Gasteiger partial charge in [-0.1, -0.05) is 13.8 Å². The van der Waals surface area contributed by atoms with E-state index in [0.29, 0.717) is 24.1 Å². The molecule has 0 bridgehead atoms. The Hall–Kier alpha value is -1.63. The first-order valence-corrected chi connectivity index (χ1v) is 8.05. The maximum Gasteiger partial charge on any atom is 0.317 e. The van der Waals surface area contributed by atoms with Gasteiger partial charge in [-0.25, -0.2) is 9.78 Å². The molecule has 1 aromatic rings. The number of hydrogen-bond donors (Lipinski definition) is 2. The van der Waals surface area contributed by atoms with Crippen LogP contribution in [0.1, 0.15) is 32.9 Å². The molecule has 0 aliphatic heterocycles. The lowest BCUT2D eigenvalue weighted by molar-refractivity contribution is -0.116. The summed E-state index contributed by atoms with van der Waals surface area (Å²) in [4.78, 5) is 29.7. The number of hydrogen-bond acceptors (Lipinski definition) is 4. The van der Waals surface area contributed by atoms with E-state index < -0.39 is 0 Å². The smallest absolute Gasteiger partial charge is 0.317 e. The van der Waals surface area contributed by atoms with Crippen LogP contribution in [0.3, 0.4) is 0 Å². The molecule has 21 heavy (non-hydrogen) atoms. The molecule has 118 valence electrons. The Balaban J connectivity index is 2.57. The minimum absolute atomic E-state index is 0.0389. The fourth-order valence-electron chi connectivity index (χ4n) is 1.67. The predicted octanol–water partition coefficient (Wildman–Crippen LogP) is 2.47. The molecule has 7 heteroatoms. The Morgan fingerprint density at radius 3 is 2.67 bits per heavy atom. The normalized spacial score (nSPS) is 10.5. The van der Waals surface area contributed by atoms with Gasteiger partial charge in [0, 0.05) is 18.5 Å². The summed E-state index contributed by atoms with van der Waals surface area (Å²) in [5.41, 5.74) is 0.871. The van der Waals surface area contributed by atoms with Crippen LogP contribution in [0.5, 0.6) is 0 Å². The van der Waals surface area contributed by atoms with Crippen LogP contribution in [0.25, 0.3) is 0 Å². The molecular formula is C14H24N4O2S. The van der Waals surface area contributed by atoms with Crippen LogP contribution in [-0.2, 0) is 4.79 Å². The lowest BCUT2D eigenvalue weighted by Crippen LogP contribution is -2.44. The van der Waals surface area contributed by atoms with Gasteiger partial charge in [-0.15, -0.1) is 11.3 Å². The number of anilines is 1. The van der Waals surface area contributed by atoms with E-state index >= 15 is 0 Å². The zero-order valence-electron chi connectivity index (χ0n) is 13.1. The van der Waals surface area contributed by atoms with Crippen molar-refractivity contribution in [2.75, 3.05) is 25.0 Å². The molecular weight excluding hydrogens is 288 g/mol. The molecule has 0 unspecified atom stereocenters. The zero-order chi connectivity index (χ0) is 15.8. The highest BCUT2D eigenvalue weighted by atomic mass is 32.1. The molecule has 0 aromatic carbocycles. The number of nitrogens with one attached hydrogen (secondary N) is 2. The van der Waals surface area contributed by atoms with Crippen LogP contribution in [0.4, 0.5) is 9.93 Å². The summed E-state index contributed by atoms with van der Waals surface area (Å²) in [6.45, 7) is 9.06. The molecule has 0 saturated heterocycles. The van der Waals surface area contributed by atoms with Crippen molar-refractivity contribution >= 4 is 28.4 Å². The summed E-state index contributed by atoms with van der Waals surface area (Å²) >= 11 is 1.38. The fourth-order valence-corrected chi connectivity index (χ4v) is 2.38. The van der Waals surface area contributed by atoms with Crippen LogP contribution in [0.2, 0.25) is 0 Å². The van der Waals surface area contributed by atoms with Gasteiger partial charge in [-0.3, -0.25) is 4.79 Å². The number of urea groups is 1. The van der Waals surface area contributed by atoms with Gasteiger partial charge < -0.3 is 15.5 Å². The molecule has 0 saturated carbocycles. The van der Waals surface area contributed by atoms with Crippen molar-refractivity contribution in [2.45, 2.75) is 34.1 Å². The van der Waals surface area contributed by atoms with Gasteiger partial charge in [0.15, 0.2) is 5.13 Å². The van der Waals surface area contributed by atoms with Crippen molar-refractivity contribution in [1.82, 2.24) is 15.2 Å². The monoisotopic (exact) mass is 312 g/mol. The maximum atomic E-state index is 12.0. The van der Waals surface area contributed by atoms with Crippen LogP contribution >= 0.6 is 11.3 Å². The van der Waals surface area contributed by atoms with Crippen molar-refractivity contribution < 1.29 is 9.59 Å². The van der Waals surface area contributed by atoms with E-state index in [1.165, 1.54) is 11.3 Å². The quantitative estimate of drug-likeness (QED) is 0.812. The Kier molecular flexibility index (Phi) is 7.14. The molecule has 1 aromatic heterocycles. The van der Waals surface area contributed by atoms with Crippen LogP contribution in [0.15, 0.2) is 5.38 Å². The molecule has 0 atom stereocenters. The summed E-state index contributed by atoms with van der Waals surface area (Å²) in [7, 11) is 0. The summed E-state index contributed by atoms with van der Waals surface area (Å²) in [6.07, 6.45) is 0.862. The Labute approximate surface area is 129 Å². The average Bonchev–Trinajstić information content (AvgIpc) is 2.79. The molecule has 6 nitrogen and oxygen atoms in total. The average molecular weight is 312 g/mol. The SMILES string of the molecule is CCNC(=O)N(CCC(C)C)CC(=O)Nc1nc(C)cs1. The molecule has 3 amide bonds. The minimum atomic E-state index is -0.223. The molecule has 0 radical (unpaired) electrons. The van der Waals surface area contributed by atoms with E-state index in [1.54, 1.807) is 4.90 Å². The van der Waals surface area contributed by atoms with E-state index in [4.69, 9.17) is 0 Å². The molecule has 2 N–H and O–H groups in total. The van der Waals surface area contributed by atoms with Gasteiger partial charge in [0.1, 0.15) is 6.54 Å². The highest BCUT2D eigenvalue weighted by Gasteiger charge is 2.17. The lowest BCUT2D eigenvalue weighted by Gasteiger charge is -2.22. The first-order valence-electron chi connectivity index (χ1n) is 7.17. The highest BCUT2D eigenvalue weighted by Crippen LogP contribution is 2.14. The standard InChI is InChI=1S/C14H24N4O2S/c1-5-15-14(20)18(7-6-10(2)3)8-12(19)17-13-16-11(4)9-21-13/h9-10H,5-8H2,1-4H3,(H,15,20)(H,16,17,19). The second kappa shape index (κ2) is 8.61. The topological polar surface area (TPSA) is 74.3 Å². The van der Waals surface area contributed by atoms with Crippen LogP contribution in [0, 0.1) is 12.8 Å². The number of aryl methyl sites for hydroxylation is 1. The van der Waals surface area contributed by atoms with E-state index in [2.05, 4.69) is 29.5 Å². The van der Waals surface area contributed by atoms with Gasteiger partial charge in [0.2, 0.25) is 5.91 Å². The molecule has 0 aliphatic rings. The Bertz CT molecular complexity index is 473. The summed E-state index contributed by atoms with van der Waals surface area (Å²) in [5.74, 6) is 0.256. The third-order valence-electron chi connectivity index (χ3n) is 2.79. The zero-order valence-corrected chi connectivity index (χ0v) is 13.9. The second-order valence-electron chi connectivity index (χ2n) is 5.28. The van der Waals surface area contributed by atoms with E-state index in [-0.39, 0.29) is 18.5 Å². The van der Waals surface area contributed by atoms with Gasteiger partial charge in [-0.05, 0) is 26.2 Å². The largest absolute Gasteiger partial charge is 0.338 e. The number of carbonyl (C=O) groups is 2. The Morgan fingerprint density at radius 1 is 1.43 bits per heavy atom. The van der Waals surface area contributed by atoms with Crippen molar-refractivity contribution in [1.29, 1.82) is 0 Å². The van der Waals surface area contributed by atoms with E-state index in [9.17, 15) is 9.59 Å². The van der Waals surface area contributed by atoms with Crippen molar-refractivity contribution in [3.8, 4) is 0 Å². The van der Waals surface area contributed by atoms with Crippen molar-refractivity contribution in [3.05, 3.63) is 11.1 Å². The molecule has 1 rings (SSSR count). The number of carbonyl (C=O) groups excluding carboxylic acids is 2. The van der Waals surface area contributed by atoms with E-state index in [1.807, 2.05) is 19.2 Å². The maximum absolute atomic E-state index is 12.0. The summed E-state index contributed by atoms with van der Waals surface area (Å²) < 4.78 is 0.